The predicted molar refractivity (Wildman–Crippen MR) is 74.0 cm³/mol. The monoisotopic (exact) mass is 284 g/mol. The van der Waals surface area contributed by atoms with Gasteiger partial charge in [-0.1, -0.05) is 11.6 Å². The van der Waals surface area contributed by atoms with E-state index in [0.29, 0.717) is 29.6 Å². The smallest absolute Gasteiger partial charge is 0.254 e. The van der Waals surface area contributed by atoms with Gasteiger partial charge in [0.1, 0.15) is 11.9 Å². The number of hydrogen-bond donors (Lipinski definition) is 2. The van der Waals surface area contributed by atoms with Crippen LogP contribution in [0.5, 0.6) is 5.75 Å². The first kappa shape index (κ1) is 14.1. The minimum atomic E-state index is -0.477. The van der Waals surface area contributed by atoms with Gasteiger partial charge in [-0.15, -0.1) is 0 Å². The average molecular weight is 285 g/mol. The number of nitrogens with one attached hydrogen (secondary N) is 2. The van der Waals surface area contributed by atoms with Crippen molar-refractivity contribution in [2.75, 3.05) is 32.1 Å². The van der Waals surface area contributed by atoms with Crippen molar-refractivity contribution in [3.05, 3.63) is 22.7 Å². The molecule has 1 aromatic carbocycles. The Morgan fingerprint density at radius 3 is 3.00 bits per heavy atom. The number of ether oxygens (including phenoxy) is 2. The summed E-state index contributed by atoms with van der Waals surface area (Å²) in [7, 11) is 1.54. The second-order valence-electron chi connectivity index (χ2n) is 4.35. The lowest BCUT2D eigenvalue weighted by atomic mass is 10.2. The van der Waals surface area contributed by atoms with Crippen molar-refractivity contribution in [1.82, 2.24) is 5.32 Å². The van der Waals surface area contributed by atoms with Crippen molar-refractivity contribution >= 4 is 23.2 Å². The van der Waals surface area contributed by atoms with Crippen LogP contribution in [0.15, 0.2) is 12.1 Å². The minimum Gasteiger partial charge on any atom is -0.495 e. The number of methoxy groups -OCH3 is 1. The highest BCUT2D eigenvalue weighted by molar-refractivity contribution is 6.31. The maximum Gasteiger partial charge on any atom is 0.254 e. The lowest BCUT2D eigenvalue weighted by Gasteiger charge is -2.23. The maximum absolute atomic E-state index is 12.1. The van der Waals surface area contributed by atoms with E-state index in [1.165, 1.54) is 7.11 Å². The molecule has 5 nitrogen and oxygen atoms in total. The summed E-state index contributed by atoms with van der Waals surface area (Å²) >= 11 is 6.02. The molecule has 1 unspecified atom stereocenters. The van der Waals surface area contributed by atoms with E-state index >= 15 is 0 Å². The van der Waals surface area contributed by atoms with Gasteiger partial charge < -0.3 is 20.1 Å². The lowest BCUT2D eigenvalue weighted by Crippen LogP contribution is -2.45. The fraction of sp³-hybridized carbons (Fsp3) is 0.462. The molecule has 1 heterocycles. The maximum atomic E-state index is 12.1. The van der Waals surface area contributed by atoms with Gasteiger partial charge in [-0.3, -0.25) is 4.79 Å². The van der Waals surface area contributed by atoms with Gasteiger partial charge in [0.15, 0.2) is 0 Å². The van der Waals surface area contributed by atoms with Crippen LogP contribution in [0.25, 0.3) is 0 Å². The van der Waals surface area contributed by atoms with Crippen LogP contribution >= 0.6 is 11.6 Å². The Hall–Kier alpha value is -1.30. The van der Waals surface area contributed by atoms with Crippen LogP contribution < -0.4 is 15.4 Å². The summed E-state index contributed by atoms with van der Waals surface area (Å²) in [4.78, 5) is 12.1. The Kier molecular flexibility index (Phi) is 4.63. The van der Waals surface area contributed by atoms with E-state index in [1.54, 1.807) is 12.1 Å². The van der Waals surface area contributed by atoms with E-state index in [9.17, 15) is 4.79 Å². The molecule has 2 rings (SSSR count). The van der Waals surface area contributed by atoms with E-state index in [0.717, 1.165) is 12.1 Å². The van der Waals surface area contributed by atoms with Crippen LogP contribution in [0.2, 0.25) is 5.02 Å². The minimum absolute atomic E-state index is 0.188. The molecule has 1 aliphatic rings. The Balaban J connectivity index is 2.13. The second-order valence-corrected chi connectivity index (χ2v) is 4.76. The molecule has 2 N–H and O–H groups in total. The van der Waals surface area contributed by atoms with Crippen LogP contribution in [0.4, 0.5) is 5.69 Å². The van der Waals surface area contributed by atoms with Gasteiger partial charge in [-0.25, -0.2) is 0 Å². The molecule has 1 fully saturated rings. The van der Waals surface area contributed by atoms with Crippen molar-refractivity contribution in [2.45, 2.75) is 13.0 Å². The van der Waals surface area contributed by atoms with E-state index in [4.69, 9.17) is 21.1 Å². The lowest BCUT2D eigenvalue weighted by molar-refractivity contribution is -0.128. The van der Waals surface area contributed by atoms with Crippen LogP contribution in [-0.4, -0.2) is 38.8 Å². The molecule has 1 aromatic rings. The van der Waals surface area contributed by atoms with Gasteiger partial charge >= 0.3 is 0 Å². The molecule has 104 valence electrons. The van der Waals surface area contributed by atoms with Gasteiger partial charge in [0.25, 0.3) is 5.91 Å². The third-order valence-corrected chi connectivity index (χ3v) is 3.37. The van der Waals surface area contributed by atoms with E-state index in [-0.39, 0.29) is 5.91 Å². The molecule has 1 aliphatic heterocycles. The zero-order valence-corrected chi connectivity index (χ0v) is 11.7. The summed E-state index contributed by atoms with van der Waals surface area (Å²) < 4.78 is 10.6. The Morgan fingerprint density at radius 2 is 2.37 bits per heavy atom. The van der Waals surface area contributed by atoms with Crippen molar-refractivity contribution in [1.29, 1.82) is 0 Å². The predicted octanol–water partition coefficient (Wildman–Crippen LogP) is 1.58. The van der Waals surface area contributed by atoms with E-state index in [2.05, 4.69) is 10.6 Å². The summed E-state index contributed by atoms with van der Waals surface area (Å²) in [5, 5.41) is 6.53. The largest absolute Gasteiger partial charge is 0.495 e. The first-order chi connectivity index (χ1) is 9.11. The molecule has 0 saturated carbocycles. The van der Waals surface area contributed by atoms with Gasteiger partial charge in [0.2, 0.25) is 0 Å². The van der Waals surface area contributed by atoms with Crippen molar-refractivity contribution < 1.29 is 14.3 Å². The number of aryl methyl sites for hydroxylation is 1. The molecule has 1 saturated heterocycles. The molecule has 0 aliphatic carbocycles. The summed E-state index contributed by atoms with van der Waals surface area (Å²) in [5.41, 5.74) is 1.48. The highest BCUT2D eigenvalue weighted by Crippen LogP contribution is 2.31. The van der Waals surface area contributed by atoms with Crippen LogP contribution in [0, 0.1) is 6.92 Å². The molecule has 1 atom stereocenters. The quantitative estimate of drug-likeness (QED) is 0.885. The number of benzene rings is 1. The SMILES string of the molecule is COc1cc(Cl)c(C)cc1NC(=O)C1CNCCO1. The van der Waals surface area contributed by atoms with E-state index < -0.39 is 6.10 Å². The van der Waals surface area contributed by atoms with Crippen LogP contribution in [0.3, 0.4) is 0 Å². The second kappa shape index (κ2) is 6.23. The number of carbonyl (C=O) groups excluding carboxylic acids is 1. The average Bonchev–Trinajstić information content (AvgIpc) is 2.43. The topological polar surface area (TPSA) is 59.6 Å². The first-order valence-electron chi connectivity index (χ1n) is 6.09. The van der Waals surface area contributed by atoms with Crippen LogP contribution in [0.1, 0.15) is 5.56 Å². The van der Waals surface area contributed by atoms with Gasteiger partial charge in [-0.05, 0) is 18.6 Å². The fourth-order valence-corrected chi connectivity index (χ4v) is 2.03. The summed E-state index contributed by atoms with van der Waals surface area (Å²) in [6.45, 7) is 3.69. The Labute approximate surface area is 117 Å². The molecule has 6 heteroatoms. The fourth-order valence-electron chi connectivity index (χ4n) is 1.88. The number of anilines is 1. The number of halogens is 1. The molecule has 0 spiro atoms. The summed E-state index contributed by atoms with van der Waals surface area (Å²) in [6.07, 6.45) is -0.477. The van der Waals surface area contributed by atoms with Gasteiger partial charge in [0, 0.05) is 24.2 Å². The third kappa shape index (κ3) is 3.37. The highest BCUT2D eigenvalue weighted by Gasteiger charge is 2.22. The molecule has 0 radical (unpaired) electrons. The Bertz CT molecular complexity index is 473. The standard InChI is InChI=1S/C13H17ClN2O3/c1-8-5-10(11(18-2)6-9(8)14)16-13(17)12-7-15-3-4-19-12/h5-6,12,15H,3-4,7H2,1-2H3,(H,16,17). The molecule has 0 aromatic heterocycles. The Morgan fingerprint density at radius 1 is 1.58 bits per heavy atom. The molecule has 0 bridgehead atoms. The molecule has 1 amide bonds. The zero-order chi connectivity index (χ0) is 13.8. The van der Waals surface area contributed by atoms with Crippen LogP contribution in [-0.2, 0) is 9.53 Å². The van der Waals surface area contributed by atoms with Gasteiger partial charge in [-0.2, -0.15) is 0 Å². The first-order valence-corrected chi connectivity index (χ1v) is 6.47. The van der Waals surface area contributed by atoms with Crippen molar-refractivity contribution in [3.8, 4) is 5.75 Å². The normalized spacial score (nSPS) is 19.0. The molecular formula is C13H17ClN2O3. The summed E-state index contributed by atoms with van der Waals surface area (Å²) in [6, 6.07) is 3.47. The third-order valence-electron chi connectivity index (χ3n) is 2.96. The number of morpholine rings is 1. The van der Waals surface area contributed by atoms with E-state index in [1.807, 2.05) is 6.92 Å². The highest BCUT2D eigenvalue weighted by atomic mass is 35.5. The zero-order valence-electron chi connectivity index (χ0n) is 11.0. The molecule has 19 heavy (non-hydrogen) atoms. The number of rotatable bonds is 3. The van der Waals surface area contributed by atoms with Crippen molar-refractivity contribution in [2.24, 2.45) is 0 Å². The summed E-state index contributed by atoms with van der Waals surface area (Å²) in [5.74, 6) is 0.347. The molecular weight excluding hydrogens is 268 g/mol. The number of hydrogen-bond acceptors (Lipinski definition) is 4. The van der Waals surface area contributed by atoms with Crippen molar-refractivity contribution in [3.63, 3.8) is 0 Å². The number of amides is 1. The van der Waals surface area contributed by atoms with Gasteiger partial charge in [0.05, 0.1) is 19.4 Å². The number of carbonyl (C=O) groups is 1.